The van der Waals surface area contributed by atoms with Crippen LogP contribution in [0.3, 0.4) is 0 Å². The van der Waals surface area contributed by atoms with E-state index in [1.807, 2.05) is 13.0 Å². The Labute approximate surface area is 148 Å². The molecule has 0 aliphatic carbocycles. The number of carbonyl (C=O) groups is 2. The zero-order chi connectivity index (χ0) is 18.0. The summed E-state index contributed by atoms with van der Waals surface area (Å²) >= 11 is 1.35. The summed E-state index contributed by atoms with van der Waals surface area (Å²) in [6.07, 6.45) is 1.13. The van der Waals surface area contributed by atoms with Gasteiger partial charge in [0.25, 0.3) is 5.91 Å². The van der Waals surface area contributed by atoms with Crippen LogP contribution in [0.25, 0.3) is 0 Å². The smallest absolute Gasteiger partial charge is 0.273 e. The minimum absolute atomic E-state index is 0.112. The Morgan fingerprint density at radius 1 is 1.40 bits per heavy atom. The molecule has 8 heteroatoms. The van der Waals surface area contributed by atoms with Crippen molar-refractivity contribution in [1.82, 2.24) is 9.99 Å². The summed E-state index contributed by atoms with van der Waals surface area (Å²) in [4.78, 5) is 29.0. The van der Waals surface area contributed by atoms with Crippen LogP contribution in [0.5, 0.6) is 0 Å². The molecular weight excluding hydrogens is 343 g/mol. The number of anilines is 1. The summed E-state index contributed by atoms with van der Waals surface area (Å²) in [5.41, 5.74) is 1.95. The van der Waals surface area contributed by atoms with E-state index < -0.39 is 0 Å². The lowest BCUT2D eigenvalue weighted by molar-refractivity contribution is -0.130. The van der Waals surface area contributed by atoms with Gasteiger partial charge in [0.1, 0.15) is 11.5 Å². The molecular formula is C17H17FN4O2S. The minimum atomic E-state index is -0.356. The Balaban J connectivity index is 1.71. The number of nitrogens with zero attached hydrogens (tertiary/aromatic N) is 3. The summed E-state index contributed by atoms with van der Waals surface area (Å²) in [6.45, 7) is 1.85. The fourth-order valence-electron chi connectivity index (χ4n) is 2.48. The lowest BCUT2D eigenvalue weighted by Gasteiger charge is -2.18. The highest BCUT2D eigenvalue weighted by molar-refractivity contribution is 7.16. The van der Waals surface area contributed by atoms with E-state index in [0.717, 1.165) is 16.1 Å². The number of halogens is 1. The van der Waals surface area contributed by atoms with E-state index in [1.54, 1.807) is 6.07 Å². The molecule has 0 radical (unpaired) electrons. The van der Waals surface area contributed by atoms with Gasteiger partial charge in [-0.1, -0.05) is 12.1 Å². The summed E-state index contributed by atoms with van der Waals surface area (Å²) < 4.78 is 13.3. The van der Waals surface area contributed by atoms with Crippen molar-refractivity contribution < 1.29 is 14.0 Å². The monoisotopic (exact) mass is 360 g/mol. The molecule has 1 aromatic carbocycles. The Bertz CT molecular complexity index is 862. The van der Waals surface area contributed by atoms with Gasteiger partial charge in [0, 0.05) is 31.2 Å². The van der Waals surface area contributed by atoms with Crippen molar-refractivity contribution in [2.75, 3.05) is 12.4 Å². The predicted octanol–water partition coefficient (Wildman–Crippen LogP) is 2.73. The Kier molecular flexibility index (Phi) is 4.89. The van der Waals surface area contributed by atoms with Gasteiger partial charge in [-0.05, 0) is 24.6 Å². The van der Waals surface area contributed by atoms with Crippen molar-refractivity contribution in [2.45, 2.75) is 26.2 Å². The Morgan fingerprint density at radius 3 is 2.92 bits per heavy atom. The van der Waals surface area contributed by atoms with Gasteiger partial charge in [-0.3, -0.25) is 14.9 Å². The highest BCUT2D eigenvalue weighted by Crippen LogP contribution is 2.25. The van der Waals surface area contributed by atoms with Crippen LogP contribution in [-0.2, 0) is 16.0 Å². The van der Waals surface area contributed by atoms with Crippen LogP contribution in [0.2, 0.25) is 0 Å². The number of hydrogen-bond acceptors (Lipinski definition) is 5. The zero-order valence-electron chi connectivity index (χ0n) is 13.9. The van der Waals surface area contributed by atoms with Crippen molar-refractivity contribution in [3.05, 3.63) is 46.2 Å². The predicted molar refractivity (Wildman–Crippen MR) is 94.1 cm³/mol. The zero-order valence-corrected chi connectivity index (χ0v) is 14.7. The molecule has 6 nitrogen and oxygen atoms in total. The van der Waals surface area contributed by atoms with E-state index in [1.165, 1.54) is 35.5 Å². The highest BCUT2D eigenvalue weighted by atomic mass is 32.1. The number of carbonyl (C=O) groups excluding carboxylic acids is 2. The van der Waals surface area contributed by atoms with Crippen LogP contribution in [0.15, 0.2) is 29.4 Å². The third-order valence-corrected chi connectivity index (χ3v) is 4.91. The molecule has 2 amide bonds. The van der Waals surface area contributed by atoms with E-state index in [0.29, 0.717) is 23.7 Å². The lowest BCUT2D eigenvalue weighted by atomic mass is 10.1. The second-order valence-electron chi connectivity index (χ2n) is 5.75. The molecule has 0 saturated heterocycles. The molecule has 25 heavy (non-hydrogen) atoms. The Hall–Kier alpha value is -2.61. The van der Waals surface area contributed by atoms with Gasteiger partial charge in [-0.15, -0.1) is 11.3 Å². The first-order valence-electron chi connectivity index (χ1n) is 7.78. The van der Waals surface area contributed by atoms with Gasteiger partial charge in [0.05, 0.1) is 5.69 Å². The van der Waals surface area contributed by atoms with Crippen molar-refractivity contribution in [3.63, 3.8) is 0 Å². The fourth-order valence-corrected chi connectivity index (χ4v) is 3.47. The summed E-state index contributed by atoms with van der Waals surface area (Å²) in [5.74, 6) is -0.744. The average Bonchev–Trinajstić information content (AvgIpc) is 2.89. The normalized spacial score (nSPS) is 14.4. The molecule has 1 aliphatic heterocycles. The first kappa shape index (κ1) is 17.2. The van der Waals surface area contributed by atoms with Crippen LogP contribution in [-0.4, -0.2) is 34.6 Å². The van der Waals surface area contributed by atoms with Crippen LogP contribution in [0.1, 0.15) is 29.0 Å². The van der Waals surface area contributed by atoms with Gasteiger partial charge in [0.15, 0.2) is 5.13 Å². The van der Waals surface area contributed by atoms with Crippen molar-refractivity contribution in [3.8, 4) is 0 Å². The molecule has 0 bridgehead atoms. The fraction of sp³-hybridized carbons (Fsp3) is 0.294. The highest BCUT2D eigenvalue weighted by Gasteiger charge is 2.23. The molecule has 1 N–H and O–H groups in total. The molecule has 3 rings (SSSR count). The molecule has 0 saturated carbocycles. The van der Waals surface area contributed by atoms with E-state index in [9.17, 15) is 14.0 Å². The number of thiazole rings is 1. The minimum Gasteiger partial charge on any atom is -0.297 e. The van der Waals surface area contributed by atoms with E-state index >= 15 is 0 Å². The maximum absolute atomic E-state index is 13.3. The van der Waals surface area contributed by atoms with Crippen molar-refractivity contribution in [1.29, 1.82) is 0 Å². The number of hydrogen-bond donors (Lipinski definition) is 1. The summed E-state index contributed by atoms with van der Waals surface area (Å²) in [7, 11) is 1.53. The first-order chi connectivity index (χ1) is 11.9. The summed E-state index contributed by atoms with van der Waals surface area (Å²) in [6, 6.07) is 6.41. The quantitative estimate of drug-likeness (QED) is 0.911. The standard InChI is InChI=1S/C17H17FN4O2S/c1-10-14(9-11-4-3-5-12(18)8-11)25-17(19-10)20-16(24)13-6-7-15(23)22(2)21-13/h3-5,8H,6-7,9H2,1-2H3,(H,19,20,24). The SMILES string of the molecule is Cc1nc(NC(=O)C2=NN(C)C(=O)CC2)sc1Cc1cccc(F)c1. The molecule has 0 atom stereocenters. The molecule has 1 aromatic heterocycles. The number of aryl methyl sites for hydroxylation is 1. The lowest BCUT2D eigenvalue weighted by Crippen LogP contribution is -2.34. The molecule has 0 unspecified atom stereocenters. The molecule has 1 aliphatic rings. The topological polar surface area (TPSA) is 74.7 Å². The first-order valence-corrected chi connectivity index (χ1v) is 8.60. The van der Waals surface area contributed by atoms with E-state index in [-0.39, 0.29) is 24.1 Å². The Morgan fingerprint density at radius 2 is 2.20 bits per heavy atom. The van der Waals surface area contributed by atoms with Crippen molar-refractivity contribution in [2.24, 2.45) is 5.10 Å². The maximum Gasteiger partial charge on any atom is 0.273 e. The van der Waals surface area contributed by atoms with Crippen LogP contribution in [0, 0.1) is 12.7 Å². The van der Waals surface area contributed by atoms with Gasteiger partial charge in [-0.25, -0.2) is 14.4 Å². The second-order valence-corrected chi connectivity index (χ2v) is 6.84. The largest absolute Gasteiger partial charge is 0.297 e. The number of nitrogens with one attached hydrogen (secondary N) is 1. The van der Waals surface area contributed by atoms with Gasteiger partial charge in [-0.2, -0.15) is 5.10 Å². The number of hydrazone groups is 1. The van der Waals surface area contributed by atoms with Crippen LogP contribution in [0.4, 0.5) is 9.52 Å². The molecule has 130 valence electrons. The molecule has 2 heterocycles. The molecule has 0 fully saturated rings. The average molecular weight is 360 g/mol. The summed E-state index contributed by atoms with van der Waals surface area (Å²) in [5, 5.41) is 8.37. The van der Waals surface area contributed by atoms with Crippen LogP contribution >= 0.6 is 11.3 Å². The third-order valence-electron chi connectivity index (χ3n) is 3.84. The number of rotatable bonds is 4. The van der Waals surface area contributed by atoms with Crippen LogP contribution < -0.4 is 5.32 Å². The van der Waals surface area contributed by atoms with Gasteiger partial charge in [0.2, 0.25) is 5.91 Å². The van der Waals surface area contributed by atoms with E-state index in [4.69, 9.17) is 0 Å². The molecule has 2 aromatic rings. The number of benzene rings is 1. The maximum atomic E-state index is 13.3. The number of aromatic nitrogens is 1. The van der Waals surface area contributed by atoms with Crippen molar-refractivity contribution >= 4 is 34.0 Å². The molecule has 0 spiro atoms. The third kappa shape index (κ3) is 4.08. The number of amides is 2. The van der Waals surface area contributed by atoms with Gasteiger partial charge < -0.3 is 0 Å². The van der Waals surface area contributed by atoms with Gasteiger partial charge >= 0.3 is 0 Å². The van der Waals surface area contributed by atoms with E-state index in [2.05, 4.69) is 15.4 Å². The second kappa shape index (κ2) is 7.10.